The predicted octanol–water partition coefficient (Wildman–Crippen LogP) is 1.82. The van der Waals surface area contributed by atoms with E-state index < -0.39 is 11.6 Å². The van der Waals surface area contributed by atoms with Crippen LogP contribution in [0.1, 0.15) is 19.8 Å². The first kappa shape index (κ1) is 10.2. The molecule has 80 valence electrons. The maximum atomic E-state index is 13.0. The number of rotatable bonds is 2. The quantitative estimate of drug-likeness (QED) is 0.649. The summed E-state index contributed by atoms with van der Waals surface area (Å²) in [4.78, 5) is 13.6. The minimum absolute atomic E-state index is 0.0161. The van der Waals surface area contributed by atoms with E-state index in [1.54, 1.807) is 11.8 Å². The third-order valence-electron chi connectivity index (χ3n) is 3.41. The van der Waals surface area contributed by atoms with E-state index in [1.165, 1.54) is 0 Å². The van der Waals surface area contributed by atoms with E-state index in [1.807, 2.05) is 0 Å². The van der Waals surface area contributed by atoms with E-state index in [4.69, 9.17) is 11.6 Å². The van der Waals surface area contributed by atoms with Crippen LogP contribution in [0, 0.1) is 11.3 Å². The first-order valence-corrected chi connectivity index (χ1v) is 5.61. The first-order chi connectivity index (χ1) is 6.58. The van der Waals surface area contributed by atoms with Crippen molar-refractivity contribution < 1.29 is 9.18 Å². The maximum absolute atomic E-state index is 13.0. The highest BCUT2D eigenvalue weighted by atomic mass is 35.5. The van der Waals surface area contributed by atoms with Gasteiger partial charge in [-0.3, -0.25) is 4.79 Å². The van der Waals surface area contributed by atoms with Crippen LogP contribution >= 0.6 is 11.6 Å². The van der Waals surface area contributed by atoms with Crippen molar-refractivity contribution in [2.75, 3.05) is 19.0 Å². The molecule has 2 fully saturated rings. The second-order valence-corrected chi connectivity index (χ2v) is 4.96. The van der Waals surface area contributed by atoms with Gasteiger partial charge in [-0.1, -0.05) is 0 Å². The van der Waals surface area contributed by atoms with Crippen LogP contribution in [-0.2, 0) is 4.79 Å². The van der Waals surface area contributed by atoms with E-state index in [2.05, 4.69) is 0 Å². The number of carbonyl (C=O) groups excluding carboxylic acids is 1. The summed E-state index contributed by atoms with van der Waals surface area (Å²) < 4.78 is 13.0. The van der Waals surface area contributed by atoms with Gasteiger partial charge in [0.15, 0.2) is 0 Å². The number of nitrogens with zero attached hydrogens (tertiary/aromatic N) is 1. The van der Waals surface area contributed by atoms with Crippen molar-refractivity contribution in [3.05, 3.63) is 0 Å². The molecule has 0 spiro atoms. The Morgan fingerprint density at radius 2 is 2.36 bits per heavy atom. The topological polar surface area (TPSA) is 20.3 Å². The summed E-state index contributed by atoms with van der Waals surface area (Å²) in [5, 5.41) is 0. The van der Waals surface area contributed by atoms with Gasteiger partial charge in [-0.15, -0.1) is 11.6 Å². The third kappa shape index (κ3) is 1.52. The van der Waals surface area contributed by atoms with Gasteiger partial charge >= 0.3 is 0 Å². The van der Waals surface area contributed by atoms with Gasteiger partial charge in [0.05, 0.1) is 5.41 Å². The summed E-state index contributed by atoms with van der Waals surface area (Å²) in [7, 11) is 0. The van der Waals surface area contributed by atoms with Crippen molar-refractivity contribution >= 4 is 17.5 Å². The van der Waals surface area contributed by atoms with Crippen molar-refractivity contribution in [3.63, 3.8) is 0 Å². The number of alkyl halides is 2. The number of carbonyl (C=O) groups is 1. The van der Waals surface area contributed by atoms with Crippen molar-refractivity contribution in [2.45, 2.75) is 25.9 Å². The molecule has 3 atom stereocenters. The summed E-state index contributed by atoms with van der Waals surface area (Å²) in [6.45, 7) is 3.18. The zero-order valence-electron chi connectivity index (χ0n) is 8.30. The Bertz CT molecular complexity index is 261. The minimum atomic E-state index is -0.926. The van der Waals surface area contributed by atoms with Crippen LogP contribution in [0.2, 0.25) is 0 Å². The average Bonchev–Trinajstić information content (AvgIpc) is 2.67. The van der Waals surface area contributed by atoms with Crippen LogP contribution in [0.5, 0.6) is 0 Å². The van der Waals surface area contributed by atoms with Gasteiger partial charge in [0.2, 0.25) is 5.91 Å². The Hall–Kier alpha value is -0.310. The van der Waals surface area contributed by atoms with Gasteiger partial charge in [0, 0.05) is 19.0 Å². The van der Waals surface area contributed by atoms with Crippen molar-refractivity contribution in [1.29, 1.82) is 0 Å². The summed E-state index contributed by atoms with van der Waals surface area (Å²) in [5.74, 6) is 0.984. The van der Waals surface area contributed by atoms with E-state index in [9.17, 15) is 9.18 Å². The summed E-state index contributed by atoms with van der Waals surface area (Å²) in [6, 6.07) is 0. The van der Waals surface area contributed by atoms with Gasteiger partial charge in [-0.05, 0) is 25.7 Å². The molecule has 1 saturated heterocycles. The molecule has 0 aromatic heterocycles. The van der Waals surface area contributed by atoms with Crippen molar-refractivity contribution in [3.8, 4) is 0 Å². The standard InChI is InChI=1S/C10H15ClFNO/c1-10(4-8(10)12)9(14)13-3-2-7(5-11)6-13/h7-8H,2-6H2,1H3. The molecule has 0 aromatic carbocycles. The van der Waals surface area contributed by atoms with Gasteiger partial charge in [0.1, 0.15) is 6.17 Å². The molecule has 1 amide bonds. The van der Waals surface area contributed by atoms with Gasteiger partial charge in [0.25, 0.3) is 0 Å². The Labute approximate surface area is 88.4 Å². The molecule has 3 unspecified atom stereocenters. The molecule has 14 heavy (non-hydrogen) atoms. The molecule has 0 N–H and O–H groups in total. The predicted molar refractivity (Wildman–Crippen MR) is 53.0 cm³/mol. The summed E-state index contributed by atoms with van der Waals surface area (Å²) >= 11 is 5.72. The lowest BCUT2D eigenvalue weighted by Crippen LogP contribution is -2.35. The smallest absolute Gasteiger partial charge is 0.231 e. The zero-order chi connectivity index (χ0) is 10.3. The molecule has 4 heteroatoms. The minimum Gasteiger partial charge on any atom is -0.342 e. The Morgan fingerprint density at radius 1 is 1.71 bits per heavy atom. The Kier molecular flexibility index (Phi) is 2.46. The molecule has 1 heterocycles. The molecule has 2 rings (SSSR count). The number of hydrogen-bond acceptors (Lipinski definition) is 1. The molecule has 2 aliphatic rings. The molecule has 1 saturated carbocycles. The number of halogens is 2. The molecule has 0 radical (unpaired) electrons. The van der Waals surface area contributed by atoms with Crippen molar-refractivity contribution in [2.24, 2.45) is 11.3 Å². The highest BCUT2D eigenvalue weighted by Crippen LogP contribution is 2.50. The molecule has 0 bridgehead atoms. The zero-order valence-corrected chi connectivity index (χ0v) is 9.06. The first-order valence-electron chi connectivity index (χ1n) is 5.07. The molecule has 0 aromatic rings. The fourth-order valence-electron chi connectivity index (χ4n) is 2.04. The largest absolute Gasteiger partial charge is 0.342 e. The van der Waals surface area contributed by atoms with E-state index in [0.717, 1.165) is 13.0 Å². The van der Waals surface area contributed by atoms with Crippen LogP contribution in [0.4, 0.5) is 4.39 Å². The summed E-state index contributed by atoms with van der Waals surface area (Å²) in [6.07, 6.45) is 0.431. The second kappa shape index (κ2) is 3.37. The lowest BCUT2D eigenvalue weighted by Gasteiger charge is -2.20. The van der Waals surface area contributed by atoms with Crippen LogP contribution in [0.3, 0.4) is 0 Å². The van der Waals surface area contributed by atoms with E-state index >= 15 is 0 Å². The Balaban J connectivity index is 1.94. The third-order valence-corrected chi connectivity index (χ3v) is 3.85. The fraction of sp³-hybridized carbons (Fsp3) is 0.900. The highest BCUT2D eigenvalue weighted by molar-refractivity contribution is 6.18. The van der Waals surface area contributed by atoms with E-state index in [0.29, 0.717) is 24.8 Å². The monoisotopic (exact) mass is 219 g/mol. The molecule has 1 aliphatic carbocycles. The van der Waals surface area contributed by atoms with Gasteiger partial charge in [-0.2, -0.15) is 0 Å². The summed E-state index contributed by atoms with van der Waals surface area (Å²) in [5.41, 5.74) is -0.707. The average molecular weight is 220 g/mol. The van der Waals surface area contributed by atoms with Crippen LogP contribution in [0.15, 0.2) is 0 Å². The fourth-order valence-corrected chi connectivity index (χ4v) is 2.29. The highest BCUT2D eigenvalue weighted by Gasteiger charge is 2.58. The second-order valence-electron chi connectivity index (χ2n) is 4.65. The lowest BCUT2D eigenvalue weighted by atomic mass is 10.1. The van der Waals surface area contributed by atoms with Crippen LogP contribution in [-0.4, -0.2) is 35.9 Å². The normalized spacial score (nSPS) is 41.5. The lowest BCUT2D eigenvalue weighted by molar-refractivity contribution is -0.136. The molecule has 1 aliphatic heterocycles. The molecular formula is C10H15ClFNO. The number of likely N-dealkylation sites (tertiary alicyclic amines) is 1. The number of hydrogen-bond donors (Lipinski definition) is 0. The maximum Gasteiger partial charge on any atom is 0.231 e. The Morgan fingerprint density at radius 3 is 2.79 bits per heavy atom. The van der Waals surface area contributed by atoms with Crippen LogP contribution in [0.25, 0.3) is 0 Å². The SMILES string of the molecule is CC1(C(=O)N2CCC(CCl)C2)CC1F. The van der Waals surface area contributed by atoms with Gasteiger partial charge < -0.3 is 4.90 Å². The van der Waals surface area contributed by atoms with E-state index in [-0.39, 0.29) is 5.91 Å². The molecule has 2 nitrogen and oxygen atoms in total. The molecular weight excluding hydrogens is 205 g/mol. The van der Waals surface area contributed by atoms with Crippen molar-refractivity contribution in [1.82, 2.24) is 4.90 Å². The van der Waals surface area contributed by atoms with Gasteiger partial charge in [-0.25, -0.2) is 4.39 Å². The number of amides is 1. The van der Waals surface area contributed by atoms with Crippen LogP contribution < -0.4 is 0 Å².